The fourth-order valence-electron chi connectivity index (χ4n) is 1.29. The van der Waals surface area contributed by atoms with Crippen LogP contribution in [0, 0.1) is 0 Å². The van der Waals surface area contributed by atoms with Crippen molar-refractivity contribution in [3.05, 3.63) is 0 Å². The second-order valence-corrected chi connectivity index (χ2v) is 6.72. The zero-order chi connectivity index (χ0) is 10.9. The van der Waals surface area contributed by atoms with Crippen LogP contribution in [0.4, 0.5) is 0 Å². The van der Waals surface area contributed by atoms with Crippen molar-refractivity contribution < 1.29 is 9.09 Å². The van der Waals surface area contributed by atoms with Crippen LogP contribution in [0.2, 0.25) is 0 Å². The van der Waals surface area contributed by atoms with Crippen LogP contribution in [0.15, 0.2) is 0 Å². The first-order chi connectivity index (χ1) is 6.62. The Bertz CT molecular complexity index is 169. The Labute approximate surface area is 88.9 Å². The lowest BCUT2D eigenvalue weighted by Crippen LogP contribution is -1.96. The van der Waals surface area contributed by atoms with Gasteiger partial charge in [-0.15, -0.1) is 0 Å². The Hall–Kier alpha value is 0.190. The van der Waals surface area contributed by atoms with Crippen LogP contribution in [0.1, 0.15) is 52.4 Å². The van der Waals surface area contributed by atoms with Gasteiger partial charge in [0, 0.05) is 12.8 Å². The monoisotopic (exact) mass is 220 g/mol. The van der Waals surface area contributed by atoms with Gasteiger partial charge in [0.25, 0.3) is 0 Å². The fourth-order valence-corrected chi connectivity index (χ4v) is 2.73. The molecule has 0 aliphatic carbocycles. The van der Waals surface area contributed by atoms with Crippen molar-refractivity contribution in [3.8, 4) is 0 Å². The highest BCUT2D eigenvalue weighted by atomic mass is 31.2. The van der Waals surface area contributed by atoms with Gasteiger partial charge < -0.3 is 4.52 Å². The molecule has 3 heteroatoms. The van der Waals surface area contributed by atoms with Crippen molar-refractivity contribution in [1.82, 2.24) is 0 Å². The minimum Gasteiger partial charge on any atom is -0.329 e. The molecular weight excluding hydrogens is 195 g/mol. The molecule has 0 heterocycles. The normalized spacial score (nSPS) is 15.4. The molecule has 0 saturated carbocycles. The minimum atomic E-state index is -2.26. The van der Waals surface area contributed by atoms with E-state index in [0.29, 0.717) is 6.61 Å². The van der Waals surface area contributed by atoms with Crippen molar-refractivity contribution in [2.24, 2.45) is 0 Å². The van der Waals surface area contributed by atoms with Crippen molar-refractivity contribution in [2.45, 2.75) is 52.4 Å². The molecule has 86 valence electrons. The summed E-state index contributed by atoms with van der Waals surface area (Å²) in [5, 5.41) is 0. The van der Waals surface area contributed by atoms with E-state index < -0.39 is 7.37 Å². The summed E-state index contributed by atoms with van der Waals surface area (Å²) < 4.78 is 17.2. The molecule has 2 nitrogen and oxygen atoms in total. The molecule has 1 unspecified atom stereocenters. The van der Waals surface area contributed by atoms with Crippen molar-refractivity contribution >= 4 is 7.37 Å². The van der Waals surface area contributed by atoms with Gasteiger partial charge in [-0.2, -0.15) is 0 Å². The SMILES string of the molecule is CCCCCCP(C)(=O)OCCCC. The summed E-state index contributed by atoms with van der Waals surface area (Å²) in [6.45, 7) is 6.74. The summed E-state index contributed by atoms with van der Waals surface area (Å²) in [7, 11) is -2.26. The number of hydrogen-bond acceptors (Lipinski definition) is 2. The molecular formula is C11H25O2P. The molecule has 0 rings (SSSR count). The van der Waals surface area contributed by atoms with E-state index >= 15 is 0 Å². The van der Waals surface area contributed by atoms with Crippen LogP contribution in [0.5, 0.6) is 0 Å². The molecule has 0 radical (unpaired) electrons. The highest BCUT2D eigenvalue weighted by molar-refractivity contribution is 7.58. The molecule has 0 N–H and O–H groups in total. The zero-order valence-electron chi connectivity index (χ0n) is 9.92. The molecule has 0 aromatic heterocycles. The first kappa shape index (κ1) is 14.2. The molecule has 0 spiro atoms. The van der Waals surface area contributed by atoms with E-state index in [0.717, 1.165) is 25.4 Å². The lowest BCUT2D eigenvalue weighted by atomic mass is 10.2. The quantitative estimate of drug-likeness (QED) is 0.428. The summed E-state index contributed by atoms with van der Waals surface area (Å²) >= 11 is 0. The average Bonchev–Trinajstić information content (AvgIpc) is 2.13. The van der Waals surface area contributed by atoms with E-state index in [9.17, 15) is 4.57 Å². The molecule has 0 amide bonds. The Morgan fingerprint density at radius 1 is 1.00 bits per heavy atom. The lowest BCUT2D eigenvalue weighted by Gasteiger charge is -2.13. The van der Waals surface area contributed by atoms with Crippen LogP contribution in [-0.4, -0.2) is 19.4 Å². The molecule has 0 aromatic carbocycles. The van der Waals surface area contributed by atoms with E-state index in [1.807, 2.05) is 0 Å². The van der Waals surface area contributed by atoms with Crippen LogP contribution in [-0.2, 0) is 9.09 Å². The summed E-state index contributed by atoms with van der Waals surface area (Å²) in [5.41, 5.74) is 0. The Balaban J connectivity index is 3.46. The molecule has 0 bridgehead atoms. The number of hydrogen-bond donors (Lipinski definition) is 0. The smallest absolute Gasteiger partial charge is 0.200 e. The van der Waals surface area contributed by atoms with E-state index in [4.69, 9.17) is 4.52 Å². The van der Waals surface area contributed by atoms with Gasteiger partial charge in [0.15, 0.2) is 7.37 Å². The van der Waals surface area contributed by atoms with Crippen LogP contribution in [0.3, 0.4) is 0 Å². The first-order valence-electron chi connectivity index (χ1n) is 5.83. The maximum absolute atomic E-state index is 11.8. The molecule has 0 fully saturated rings. The van der Waals surface area contributed by atoms with Gasteiger partial charge in [0.05, 0.1) is 6.61 Å². The van der Waals surface area contributed by atoms with E-state index in [-0.39, 0.29) is 0 Å². The molecule has 0 aliphatic heterocycles. The van der Waals surface area contributed by atoms with E-state index in [2.05, 4.69) is 13.8 Å². The predicted octanol–water partition coefficient (Wildman–Crippen LogP) is 4.29. The van der Waals surface area contributed by atoms with Gasteiger partial charge in [-0.1, -0.05) is 39.5 Å². The average molecular weight is 220 g/mol. The first-order valence-corrected chi connectivity index (χ1v) is 8.09. The van der Waals surface area contributed by atoms with Gasteiger partial charge in [0.2, 0.25) is 0 Å². The maximum Gasteiger partial charge on any atom is 0.200 e. The largest absolute Gasteiger partial charge is 0.329 e. The molecule has 0 saturated heterocycles. The topological polar surface area (TPSA) is 26.3 Å². The summed E-state index contributed by atoms with van der Waals surface area (Å²) in [5.74, 6) is 0. The third-order valence-electron chi connectivity index (χ3n) is 2.28. The van der Waals surface area contributed by atoms with Gasteiger partial charge in [-0.05, 0) is 12.8 Å². The van der Waals surface area contributed by atoms with Crippen molar-refractivity contribution in [1.29, 1.82) is 0 Å². The minimum absolute atomic E-state index is 0.665. The summed E-state index contributed by atoms with van der Waals surface area (Å²) in [4.78, 5) is 0. The fraction of sp³-hybridized carbons (Fsp3) is 1.00. The summed E-state index contributed by atoms with van der Waals surface area (Å²) in [6, 6.07) is 0. The Morgan fingerprint density at radius 2 is 1.64 bits per heavy atom. The zero-order valence-corrected chi connectivity index (χ0v) is 10.8. The second-order valence-electron chi connectivity index (χ2n) is 3.99. The van der Waals surface area contributed by atoms with E-state index in [1.54, 1.807) is 6.66 Å². The second kappa shape index (κ2) is 8.49. The standard InChI is InChI=1S/C11H25O2P/c1-4-6-8-9-11-14(3,12)13-10-7-5-2/h4-11H2,1-3H3. The van der Waals surface area contributed by atoms with Gasteiger partial charge >= 0.3 is 0 Å². The molecule has 14 heavy (non-hydrogen) atoms. The van der Waals surface area contributed by atoms with Crippen LogP contribution in [0.25, 0.3) is 0 Å². The third kappa shape index (κ3) is 8.77. The maximum atomic E-state index is 11.8. The predicted molar refractivity (Wildman–Crippen MR) is 63.4 cm³/mol. The van der Waals surface area contributed by atoms with Gasteiger partial charge in [-0.25, -0.2) is 0 Å². The number of unbranched alkanes of at least 4 members (excludes halogenated alkanes) is 4. The van der Waals surface area contributed by atoms with Crippen molar-refractivity contribution in [2.75, 3.05) is 19.4 Å². The summed E-state index contributed by atoms with van der Waals surface area (Å²) in [6.07, 6.45) is 7.60. The highest BCUT2D eigenvalue weighted by Gasteiger charge is 2.14. The van der Waals surface area contributed by atoms with Gasteiger partial charge in [0.1, 0.15) is 0 Å². The number of rotatable bonds is 9. The Morgan fingerprint density at radius 3 is 2.21 bits per heavy atom. The lowest BCUT2D eigenvalue weighted by molar-refractivity contribution is 0.308. The van der Waals surface area contributed by atoms with Crippen molar-refractivity contribution in [3.63, 3.8) is 0 Å². The molecule has 0 aromatic rings. The van der Waals surface area contributed by atoms with Gasteiger partial charge in [-0.3, -0.25) is 4.57 Å². The third-order valence-corrected chi connectivity index (χ3v) is 4.14. The van der Waals surface area contributed by atoms with Crippen LogP contribution < -0.4 is 0 Å². The highest BCUT2D eigenvalue weighted by Crippen LogP contribution is 2.43. The van der Waals surface area contributed by atoms with E-state index in [1.165, 1.54) is 19.3 Å². The Kier molecular flexibility index (Phi) is 8.61. The molecule has 0 aliphatic rings. The molecule has 1 atom stereocenters. The van der Waals surface area contributed by atoms with Crippen LogP contribution >= 0.6 is 7.37 Å².